The van der Waals surface area contributed by atoms with Gasteiger partial charge in [0.05, 0.1) is 42.3 Å². The maximum atomic E-state index is 12.1. The highest BCUT2D eigenvalue weighted by Crippen LogP contribution is 2.48. The Morgan fingerprint density at radius 2 is 2.14 bits per heavy atom. The molecule has 2 aliphatic rings. The van der Waals surface area contributed by atoms with E-state index < -0.39 is 5.41 Å². The first-order valence-electron chi connectivity index (χ1n) is 12.0. The Labute approximate surface area is 207 Å². The summed E-state index contributed by atoms with van der Waals surface area (Å²) in [5.41, 5.74) is 8.25. The van der Waals surface area contributed by atoms with Crippen LogP contribution in [0.15, 0.2) is 36.8 Å². The number of morpholine rings is 1. The maximum absolute atomic E-state index is 12.1. The number of aromatic nitrogens is 5. The summed E-state index contributed by atoms with van der Waals surface area (Å²) < 4.78 is 12.8. The summed E-state index contributed by atoms with van der Waals surface area (Å²) in [4.78, 5) is 28.3. The number of hydrogen-bond donors (Lipinski definition) is 2. The number of hydrogen-bond acceptors (Lipinski definition) is 9. The summed E-state index contributed by atoms with van der Waals surface area (Å²) in [7, 11) is 3.50. The van der Waals surface area contributed by atoms with E-state index in [1.165, 1.54) is 0 Å². The summed E-state index contributed by atoms with van der Waals surface area (Å²) in [6.45, 7) is 2.75. The number of fused-ring (bicyclic) bond motifs is 2. The largest absolute Gasteiger partial charge is 0.382 e. The predicted molar refractivity (Wildman–Crippen MR) is 135 cm³/mol. The number of methoxy groups -OCH3 is 1. The standard InChI is InChI=1S/C25H28N8O3/c1-27-22-18-10-28-20(25(5-6-25)24(26)34)9-17(18)19(11-29-22)23-30-21-4-3-15(12-33(21)31-23)32-7-8-36-16(13-32)14-35-2/h3-4,9-12,16H,5-8,13-14H2,1-2H3,(H2,26,34)(H,27,29). The molecule has 1 amide bonds. The van der Waals surface area contributed by atoms with Crippen LogP contribution in [0.1, 0.15) is 18.5 Å². The van der Waals surface area contributed by atoms with Gasteiger partial charge < -0.3 is 25.4 Å². The average Bonchev–Trinajstić information content (AvgIpc) is 3.61. The smallest absolute Gasteiger partial charge is 0.229 e. The lowest BCUT2D eigenvalue weighted by atomic mass is 9.97. The molecule has 6 rings (SSSR count). The van der Waals surface area contributed by atoms with Crippen molar-refractivity contribution in [2.24, 2.45) is 5.73 Å². The van der Waals surface area contributed by atoms with Crippen LogP contribution in [0.2, 0.25) is 0 Å². The van der Waals surface area contributed by atoms with Gasteiger partial charge in [-0.2, -0.15) is 0 Å². The molecule has 1 aliphatic carbocycles. The molecule has 0 bridgehead atoms. The van der Waals surface area contributed by atoms with E-state index in [1.807, 2.05) is 25.4 Å². The van der Waals surface area contributed by atoms with Gasteiger partial charge in [-0.1, -0.05) is 0 Å². The third kappa shape index (κ3) is 3.71. The fourth-order valence-corrected chi connectivity index (χ4v) is 4.94. The van der Waals surface area contributed by atoms with Crippen molar-refractivity contribution in [3.8, 4) is 11.4 Å². The van der Waals surface area contributed by atoms with Crippen LogP contribution in [0.5, 0.6) is 0 Å². The molecule has 4 aromatic heterocycles. The monoisotopic (exact) mass is 488 g/mol. The van der Waals surface area contributed by atoms with Gasteiger partial charge in [0, 0.05) is 56.0 Å². The van der Waals surface area contributed by atoms with Crippen LogP contribution in [-0.4, -0.2) is 77.0 Å². The Kier molecular flexibility index (Phi) is 5.45. The highest BCUT2D eigenvalue weighted by Gasteiger charge is 2.51. The van der Waals surface area contributed by atoms with E-state index in [1.54, 1.807) is 24.0 Å². The number of pyridine rings is 3. The molecule has 5 heterocycles. The molecule has 2 fully saturated rings. The number of nitrogens with zero attached hydrogens (tertiary/aromatic N) is 6. The van der Waals surface area contributed by atoms with E-state index >= 15 is 0 Å². The molecule has 4 aromatic rings. The molecular weight excluding hydrogens is 460 g/mol. The third-order valence-corrected chi connectivity index (χ3v) is 7.13. The number of primary amides is 1. The highest BCUT2D eigenvalue weighted by atomic mass is 16.5. The minimum absolute atomic E-state index is 0.0341. The first kappa shape index (κ1) is 22.6. The van der Waals surface area contributed by atoms with Crippen molar-refractivity contribution in [3.63, 3.8) is 0 Å². The normalized spacial score (nSPS) is 19.1. The van der Waals surface area contributed by atoms with Gasteiger partial charge in [0.2, 0.25) is 5.91 Å². The second-order valence-corrected chi connectivity index (χ2v) is 9.35. The molecule has 3 N–H and O–H groups in total. The van der Waals surface area contributed by atoms with E-state index in [0.717, 1.165) is 40.8 Å². The van der Waals surface area contributed by atoms with Crippen molar-refractivity contribution in [1.82, 2.24) is 24.6 Å². The average molecular weight is 489 g/mol. The van der Waals surface area contributed by atoms with Gasteiger partial charge in [0.1, 0.15) is 5.82 Å². The van der Waals surface area contributed by atoms with Gasteiger partial charge in [-0.15, -0.1) is 5.10 Å². The summed E-state index contributed by atoms with van der Waals surface area (Å²) in [5, 5.41) is 9.61. The SMILES string of the molecule is CNc1ncc(-c2nc3ccc(N4CCOC(COC)C4)cn3n2)c2cc(C3(C(N)=O)CC3)ncc12. The van der Waals surface area contributed by atoms with Crippen molar-refractivity contribution in [1.29, 1.82) is 0 Å². The molecule has 1 saturated carbocycles. The number of carbonyl (C=O) groups excluding carboxylic acids is 1. The second kappa shape index (κ2) is 8.68. The van der Waals surface area contributed by atoms with Crippen molar-refractivity contribution in [3.05, 3.63) is 42.5 Å². The predicted octanol–water partition coefficient (Wildman–Crippen LogP) is 1.75. The molecule has 11 heteroatoms. The minimum atomic E-state index is -0.686. The van der Waals surface area contributed by atoms with Crippen molar-refractivity contribution in [2.45, 2.75) is 24.4 Å². The van der Waals surface area contributed by atoms with E-state index in [4.69, 9.17) is 25.3 Å². The number of amides is 1. The second-order valence-electron chi connectivity index (χ2n) is 9.35. The Bertz CT molecular complexity index is 1460. The molecule has 1 aliphatic heterocycles. The number of nitrogens with two attached hydrogens (primary N) is 1. The summed E-state index contributed by atoms with van der Waals surface area (Å²) in [6.07, 6.45) is 6.95. The Hall–Kier alpha value is -3.83. The van der Waals surface area contributed by atoms with Crippen molar-refractivity contribution in [2.75, 3.05) is 50.7 Å². The van der Waals surface area contributed by atoms with Gasteiger partial charge in [-0.25, -0.2) is 14.5 Å². The topological polar surface area (TPSA) is 133 Å². The van der Waals surface area contributed by atoms with Crippen LogP contribution in [0.4, 0.5) is 11.5 Å². The van der Waals surface area contributed by atoms with Crippen LogP contribution >= 0.6 is 0 Å². The zero-order valence-corrected chi connectivity index (χ0v) is 20.3. The first-order valence-corrected chi connectivity index (χ1v) is 12.0. The van der Waals surface area contributed by atoms with Gasteiger partial charge in [-0.3, -0.25) is 9.78 Å². The van der Waals surface area contributed by atoms with Gasteiger partial charge in [0.25, 0.3) is 0 Å². The van der Waals surface area contributed by atoms with Crippen LogP contribution in [0, 0.1) is 0 Å². The summed E-state index contributed by atoms with van der Waals surface area (Å²) in [5.74, 6) is 0.904. The third-order valence-electron chi connectivity index (χ3n) is 7.13. The van der Waals surface area contributed by atoms with Gasteiger partial charge >= 0.3 is 0 Å². The fraction of sp³-hybridized carbons (Fsp3) is 0.400. The zero-order chi connectivity index (χ0) is 24.9. The number of rotatable bonds is 7. The van der Waals surface area contributed by atoms with Crippen LogP contribution in [0.25, 0.3) is 27.8 Å². The summed E-state index contributed by atoms with van der Waals surface area (Å²) >= 11 is 0. The number of carbonyl (C=O) groups is 1. The molecule has 1 unspecified atom stereocenters. The van der Waals surface area contributed by atoms with E-state index in [-0.39, 0.29) is 12.0 Å². The molecule has 0 radical (unpaired) electrons. The number of anilines is 2. The first-order chi connectivity index (χ1) is 17.5. The Balaban J connectivity index is 1.41. The molecule has 0 spiro atoms. The van der Waals surface area contributed by atoms with Crippen molar-refractivity contribution >= 4 is 33.8 Å². The molecule has 1 saturated heterocycles. The number of nitrogens with one attached hydrogen (secondary N) is 1. The van der Waals surface area contributed by atoms with Crippen LogP contribution < -0.4 is 16.0 Å². The lowest BCUT2D eigenvalue weighted by Crippen LogP contribution is -2.44. The molecule has 186 valence electrons. The molecule has 36 heavy (non-hydrogen) atoms. The minimum Gasteiger partial charge on any atom is -0.382 e. The lowest BCUT2D eigenvalue weighted by molar-refractivity contribution is -0.120. The molecule has 1 atom stereocenters. The Morgan fingerprint density at radius 3 is 2.89 bits per heavy atom. The van der Waals surface area contributed by atoms with E-state index in [2.05, 4.69) is 26.3 Å². The van der Waals surface area contributed by atoms with Crippen molar-refractivity contribution < 1.29 is 14.3 Å². The van der Waals surface area contributed by atoms with Crippen LogP contribution in [-0.2, 0) is 19.7 Å². The van der Waals surface area contributed by atoms with Gasteiger partial charge in [0.15, 0.2) is 11.5 Å². The Morgan fingerprint density at radius 1 is 1.28 bits per heavy atom. The van der Waals surface area contributed by atoms with Gasteiger partial charge in [-0.05, 0) is 31.0 Å². The van der Waals surface area contributed by atoms with E-state index in [9.17, 15) is 4.79 Å². The molecule has 0 aromatic carbocycles. The summed E-state index contributed by atoms with van der Waals surface area (Å²) in [6, 6.07) is 5.95. The fourth-order valence-electron chi connectivity index (χ4n) is 4.94. The maximum Gasteiger partial charge on any atom is 0.229 e. The van der Waals surface area contributed by atoms with Crippen LogP contribution in [0.3, 0.4) is 0 Å². The highest BCUT2D eigenvalue weighted by molar-refractivity contribution is 6.01. The number of ether oxygens (including phenoxy) is 2. The quantitative estimate of drug-likeness (QED) is 0.399. The van der Waals surface area contributed by atoms with E-state index in [0.29, 0.717) is 43.4 Å². The zero-order valence-electron chi connectivity index (χ0n) is 20.3. The molecular formula is C25H28N8O3. The lowest BCUT2D eigenvalue weighted by Gasteiger charge is -2.34. The molecule has 11 nitrogen and oxygen atoms in total.